The molecule has 0 aliphatic heterocycles. The van der Waals surface area contributed by atoms with Gasteiger partial charge in [-0.1, -0.05) is 59.8 Å². The van der Waals surface area contributed by atoms with Crippen LogP contribution in [0.2, 0.25) is 0 Å². The third-order valence-electron chi connectivity index (χ3n) is 4.41. The van der Waals surface area contributed by atoms with E-state index < -0.39 is 0 Å². The van der Waals surface area contributed by atoms with E-state index in [1.54, 1.807) is 6.07 Å². The molecule has 0 saturated carbocycles. The van der Waals surface area contributed by atoms with E-state index >= 15 is 0 Å². The Kier molecular flexibility index (Phi) is 3.63. The average molecular weight is 319 g/mol. The quantitative estimate of drug-likeness (QED) is 0.778. The number of carbonyl (C=O) groups excluding carboxylic acids is 1. The standard InChI is InChI=1S/C19H17N3O2/c20-18-14-9-5-4-8-13(14)10-15(18)21-19(23)16-11-17(24-22-16)12-6-2-1-3-7-12/h1-9,11,15,18H,10,20H2,(H,21,23)/t15-,18-/m1/s1. The Labute approximate surface area is 139 Å². The van der Waals surface area contributed by atoms with E-state index in [1.165, 1.54) is 5.56 Å². The zero-order chi connectivity index (χ0) is 16.5. The summed E-state index contributed by atoms with van der Waals surface area (Å²) in [5.74, 6) is 0.300. The molecule has 4 rings (SSSR count). The molecule has 0 bridgehead atoms. The number of benzene rings is 2. The number of fused-ring (bicyclic) bond motifs is 1. The van der Waals surface area contributed by atoms with E-state index in [2.05, 4.69) is 10.5 Å². The Balaban J connectivity index is 1.49. The Hall–Kier alpha value is -2.92. The number of nitrogens with two attached hydrogens (primary N) is 1. The first-order chi connectivity index (χ1) is 11.7. The van der Waals surface area contributed by atoms with Crippen molar-refractivity contribution in [3.05, 3.63) is 77.5 Å². The molecule has 1 amide bonds. The lowest BCUT2D eigenvalue weighted by atomic mass is 10.1. The van der Waals surface area contributed by atoms with Crippen molar-refractivity contribution in [2.75, 3.05) is 0 Å². The van der Waals surface area contributed by atoms with Crippen LogP contribution in [-0.4, -0.2) is 17.1 Å². The van der Waals surface area contributed by atoms with Gasteiger partial charge in [-0.2, -0.15) is 0 Å². The second kappa shape index (κ2) is 5.94. The zero-order valence-corrected chi connectivity index (χ0v) is 13.0. The number of aromatic nitrogens is 1. The lowest BCUT2D eigenvalue weighted by Gasteiger charge is -2.16. The highest BCUT2D eigenvalue weighted by molar-refractivity contribution is 5.93. The molecule has 1 aromatic heterocycles. The molecule has 1 aliphatic rings. The molecule has 24 heavy (non-hydrogen) atoms. The van der Waals surface area contributed by atoms with Crippen molar-refractivity contribution in [1.82, 2.24) is 10.5 Å². The fourth-order valence-electron chi connectivity index (χ4n) is 3.13. The van der Waals surface area contributed by atoms with E-state index in [0.717, 1.165) is 17.5 Å². The summed E-state index contributed by atoms with van der Waals surface area (Å²) in [5.41, 5.74) is 9.67. The van der Waals surface area contributed by atoms with Gasteiger partial charge in [0.25, 0.3) is 5.91 Å². The maximum absolute atomic E-state index is 12.5. The summed E-state index contributed by atoms with van der Waals surface area (Å²) in [6, 6.07) is 18.9. The van der Waals surface area contributed by atoms with E-state index in [1.807, 2.05) is 54.6 Å². The van der Waals surface area contributed by atoms with Gasteiger partial charge in [0.2, 0.25) is 0 Å². The fourth-order valence-corrected chi connectivity index (χ4v) is 3.13. The molecule has 5 heteroatoms. The minimum Gasteiger partial charge on any atom is -0.355 e. The second-order valence-electron chi connectivity index (χ2n) is 5.95. The van der Waals surface area contributed by atoms with Gasteiger partial charge in [0, 0.05) is 11.6 Å². The van der Waals surface area contributed by atoms with Gasteiger partial charge >= 0.3 is 0 Å². The van der Waals surface area contributed by atoms with Crippen LogP contribution < -0.4 is 11.1 Å². The Morgan fingerprint density at radius 2 is 1.88 bits per heavy atom. The topological polar surface area (TPSA) is 81.1 Å². The molecule has 5 nitrogen and oxygen atoms in total. The molecular formula is C19H17N3O2. The largest absolute Gasteiger partial charge is 0.355 e. The normalized spacial score (nSPS) is 19.0. The molecule has 0 radical (unpaired) electrons. The number of amides is 1. The molecule has 0 saturated heterocycles. The van der Waals surface area contributed by atoms with Crippen molar-refractivity contribution in [1.29, 1.82) is 0 Å². The maximum atomic E-state index is 12.5. The molecule has 2 aromatic carbocycles. The zero-order valence-electron chi connectivity index (χ0n) is 13.0. The second-order valence-corrected chi connectivity index (χ2v) is 5.95. The SMILES string of the molecule is N[C@@H]1c2ccccc2C[C@H]1NC(=O)c1cc(-c2ccccc2)on1. The summed E-state index contributed by atoms with van der Waals surface area (Å²) < 4.78 is 5.28. The van der Waals surface area contributed by atoms with E-state index in [0.29, 0.717) is 5.76 Å². The van der Waals surface area contributed by atoms with Crippen LogP contribution in [0.4, 0.5) is 0 Å². The first kappa shape index (κ1) is 14.7. The van der Waals surface area contributed by atoms with Gasteiger partial charge in [0.15, 0.2) is 11.5 Å². The van der Waals surface area contributed by atoms with E-state index in [-0.39, 0.29) is 23.7 Å². The van der Waals surface area contributed by atoms with Crippen LogP contribution in [0.25, 0.3) is 11.3 Å². The number of hydrogen-bond donors (Lipinski definition) is 2. The van der Waals surface area contributed by atoms with E-state index in [4.69, 9.17) is 10.3 Å². The van der Waals surface area contributed by atoms with Crippen molar-refractivity contribution in [2.45, 2.75) is 18.5 Å². The van der Waals surface area contributed by atoms with Gasteiger partial charge in [0.1, 0.15) is 0 Å². The van der Waals surface area contributed by atoms with Crippen LogP contribution in [0.15, 0.2) is 65.2 Å². The lowest BCUT2D eigenvalue weighted by molar-refractivity contribution is 0.0924. The molecule has 3 N–H and O–H groups in total. The number of rotatable bonds is 3. The average Bonchev–Trinajstić information content (AvgIpc) is 3.22. The molecule has 0 spiro atoms. The summed E-state index contributed by atoms with van der Waals surface area (Å²) in [4.78, 5) is 12.5. The predicted molar refractivity (Wildman–Crippen MR) is 90.3 cm³/mol. The van der Waals surface area contributed by atoms with Crippen LogP contribution in [0.3, 0.4) is 0 Å². The number of carbonyl (C=O) groups is 1. The predicted octanol–water partition coefficient (Wildman–Crippen LogP) is 2.70. The molecular weight excluding hydrogens is 302 g/mol. The van der Waals surface area contributed by atoms with Gasteiger partial charge in [-0.3, -0.25) is 4.79 Å². The van der Waals surface area contributed by atoms with Crippen LogP contribution >= 0.6 is 0 Å². The van der Waals surface area contributed by atoms with Crippen LogP contribution in [0.5, 0.6) is 0 Å². The van der Waals surface area contributed by atoms with Crippen molar-refractivity contribution < 1.29 is 9.32 Å². The third kappa shape index (κ3) is 2.59. The van der Waals surface area contributed by atoms with Gasteiger partial charge in [-0.25, -0.2) is 0 Å². The third-order valence-corrected chi connectivity index (χ3v) is 4.41. The fraction of sp³-hybridized carbons (Fsp3) is 0.158. The van der Waals surface area contributed by atoms with Gasteiger partial charge in [-0.15, -0.1) is 0 Å². The first-order valence-electron chi connectivity index (χ1n) is 7.89. The summed E-state index contributed by atoms with van der Waals surface area (Å²) in [5, 5.41) is 6.85. The molecule has 0 fully saturated rings. The molecule has 120 valence electrons. The Morgan fingerprint density at radius 3 is 2.67 bits per heavy atom. The molecule has 2 atom stereocenters. The summed E-state index contributed by atoms with van der Waals surface area (Å²) in [6.07, 6.45) is 0.729. The molecule has 1 aliphatic carbocycles. The number of nitrogens with zero attached hydrogens (tertiary/aromatic N) is 1. The summed E-state index contributed by atoms with van der Waals surface area (Å²) in [7, 11) is 0. The van der Waals surface area contributed by atoms with Crippen molar-refractivity contribution in [3.63, 3.8) is 0 Å². The highest BCUT2D eigenvalue weighted by atomic mass is 16.5. The summed E-state index contributed by atoms with van der Waals surface area (Å²) >= 11 is 0. The number of hydrogen-bond acceptors (Lipinski definition) is 4. The first-order valence-corrected chi connectivity index (χ1v) is 7.89. The van der Waals surface area contributed by atoms with E-state index in [9.17, 15) is 4.79 Å². The van der Waals surface area contributed by atoms with Crippen LogP contribution in [-0.2, 0) is 6.42 Å². The van der Waals surface area contributed by atoms with Crippen molar-refractivity contribution >= 4 is 5.91 Å². The Bertz CT molecular complexity index is 873. The van der Waals surface area contributed by atoms with Gasteiger partial charge < -0.3 is 15.6 Å². The van der Waals surface area contributed by atoms with Gasteiger partial charge in [-0.05, 0) is 17.5 Å². The van der Waals surface area contributed by atoms with Crippen molar-refractivity contribution in [3.8, 4) is 11.3 Å². The molecule has 1 heterocycles. The monoisotopic (exact) mass is 319 g/mol. The highest BCUT2D eigenvalue weighted by Crippen LogP contribution is 2.29. The number of nitrogens with one attached hydrogen (secondary N) is 1. The van der Waals surface area contributed by atoms with Crippen molar-refractivity contribution in [2.24, 2.45) is 5.73 Å². The minimum absolute atomic E-state index is 0.133. The molecule has 3 aromatic rings. The minimum atomic E-state index is -0.269. The maximum Gasteiger partial charge on any atom is 0.273 e. The highest BCUT2D eigenvalue weighted by Gasteiger charge is 2.31. The van der Waals surface area contributed by atoms with Crippen LogP contribution in [0, 0.1) is 0 Å². The van der Waals surface area contributed by atoms with Crippen LogP contribution in [0.1, 0.15) is 27.7 Å². The Morgan fingerprint density at radius 1 is 1.12 bits per heavy atom. The molecule has 0 unspecified atom stereocenters. The van der Waals surface area contributed by atoms with Gasteiger partial charge in [0.05, 0.1) is 12.1 Å². The smallest absolute Gasteiger partial charge is 0.273 e. The summed E-state index contributed by atoms with van der Waals surface area (Å²) in [6.45, 7) is 0. The lowest BCUT2D eigenvalue weighted by Crippen LogP contribution is -2.40.